The number of carboxylic acid groups (broad SMARTS) is 1. The lowest BCUT2D eigenvalue weighted by molar-refractivity contribution is -0.143. The van der Waals surface area contributed by atoms with E-state index in [4.69, 9.17) is 17.2 Å². The second-order valence-corrected chi connectivity index (χ2v) is 12.6. The normalized spacial score (nSPS) is 14.4. The van der Waals surface area contributed by atoms with Crippen molar-refractivity contribution in [2.45, 2.75) is 82.6 Å². The molecule has 1 aromatic heterocycles. The number of carbonyl (C=O) groups excluding carboxylic acids is 5. The number of carboxylic acids is 1. The Morgan fingerprint density at radius 2 is 1.49 bits per heavy atom. The molecule has 1 heterocycles. The van der Waals surface area contributed by atoms with Gasteiger partial charge in [0.05, 0.1) is 12.5 Å². The Bertz CT molecular complexity index is 1380. The summed E-state index contributed by atoms with van der Waals surface area (Å²) in [5.41, 5.74) is 18.6. The Hall–Kier alpha value is -4.15. The quantitative estimate of drug-likeness (QED) is 0.0764. The molecular formula is C31H48N8O7S. The van der Waals surface area contributed by atoms with Crippen molar-refractivity contribution in [1.29, 1.82) is 0 Å². The summed E-state index contributed by atoms with van der Waals surface area (Å²) in [6, 6.07) is 1.49. The van der Waals surface area contributed by atoms with Crippen LogP contribution in [0.3, 0.4) is 0 Å². The van der Waals surface area contributed by atoms with E-state index in [1.807, 2.05) is 30.5 Å². The summed E-state index contributed by atoms with van der Waals surface area (Å²) < 4.78 is 0. The molecule has 0 fully saturated rings. The number of thioether (sulfide) groups is 1. The van der Waals surface area contributed by atoms with Gasteiger partial charge in [-0.15, -0.1) is 0 Å². The third-order valence-electron chi connectivity index (χ3n) is 7.55. The number of fused-ring (bicyclic) bond motifs is 1. The predicted octanol–water partition coefficient (Wildman–Crippen LogP) is -0.525. The van der Waals surface area contributed by atoms with Gasteiger partial charge in [-0.05, 0) is 55.4 Å². The lowest BCUT2D eigenvalue weighted by Gasteiger charge is -2.26. The number of unbranched alkanes of at least 4 members (excludes halogenated alkanes) is 1. The number of aromatic nitrogens is 1. The van der Waals surface area contributed by atoms with Crippen LogP contribution in [0.25, 0.3) is 10.9 Å². The van der Waals surface area contributed by atoms with Crippen LogP contribution in [-0.2, 0) is 35.2 Å². The zero-order chi connectivity index (χ0) is 35.1. The van der Waals surface area contributed by atoms with Crippen LogP contribution in [0.5, 0.6) is 0 Å². The molecule has 12 N–H and O–H groups in total. The van der Waals surface area contributed by atoms with Crippen molar-refractivity contribution < 1.29 is 33.9 Å². The van der Waals surface area contributed by atoms with E-state index in [0.717, 1.165) is 16.5 Å². The summed E-state index contributed by atoms with van der Waals surface area (Å²) in [6.07, 6.45) is 4.85. The largest absolute Gasteiger partial charge is 0.480 e. The molecule has 16 heteroatoms. The van der Waals surface area contributed by atoms with Crippen LogP contribution in [0.4, 0.5) is 0 Å². The van der Waals surface area contributed by atoms with Gasteiger partial charge in [0, 0.05) is 23.5 Å². The van der Waals surface area contributed by atoms with Gasteiger partial charge in [0.2, 0.25) is 29.5 Å². The maximum absolute atomic E-state index is 13.8. The maximum Gasteiger partial charge on any atom is 0.326 e. The molecule has 5 amide bonds. The van der Waals surface area contributed by atoms with Gasteiger partial charge in [0.15, 0.2) is 0 Å². The minimum Gasteiger partial charge on any atom is -0.480 e. The van der Waals surface area contributed by atoms with E-state index in [2.05, 4.69) is 26.3 Å². The number of H-pyrrole nitrogens is 1. The van der Waals surface area contributed by atoms with Crippen LogP contribution in [0.1, 0.15) is 51.5 Å². The molecule has 0 bridgehead atoms. The fourth-order valence-electron chi connectivity index (χ4n) is 4.88. The molecule has 260 valence electrons. The second-order valence-electron chi connectivity index (χ2n) is 11.7. The summed E-state index contributed by atoms with van der Waals surface area (Å²) in [4.78, 5) is 80.0. The molecule has 2 aromatic rings. The Morgan fingerprint density at radius 3 is 2.11 bits per heavy atom. The van der Waals surface area contributed by atoms with Crippen molar-refractivity contribution in [2.24, 2.45) is 23.1 Å². The van der Waals surface area contributed by atoms with Crippen LogP contribution in [-0.4, -0.2) is 94.4 Å². The average Bonchev–Trinajstić information content (AvgIpc) is 3.42. The summed E-state index contributed by atoms with van der Waals surface area (Å²) >= 11 is 1.41. The van der Waals surface area contributed by atoms with Crippen LogP contribution in [0, 0.1) is 5.92 Å². The summed E-state index contributed by atoms with van der Waals surface area (Å²) in [7, 11) is 0. The highest BCUT2D eigenvalue weighted by Gasteiger charge is 2.33. The van der Waals surface area contributed by atoms with E-state index in [9.17, 15) is 33.9 Å². The molecule has 15 nitrogen and oxygen atoms in total. The highest BCUT2D eigenvalue weighted by molar-refractivity contribution is 7.98. The fourth-order valence-corrected chi connectivity index (χ4v) is 5.35. The zero-order valence-corrected chi connectivity index (χ0v) is 27.9. The fraction of sp³-hybridized carbons (Fsp3) is 0.548. The second kappa shape index (κ2) is 19.5. The van der Waals surface area contributed by atoms with Crippen LogP contribution >= 0.6 is 11.8 Å². The summed E-state index contributed by atoms with van der Waals surface area (Å²) in [5, 5.41) is 20.6. The van der Waals surface area contributed by atoms with Crippen LogP contribution in [0.2, 0.25) is 0 Å². The first-order chi connectivity index (χ1) is 22.3. The van der Waals surface area contributed by atoms with Gasteiger partial charge in [-0.2, -0.15) is 11.8 Å². The van der Waals surface area contributed by atoms with Crippen molar-refractivity contribution in [3.05, 3.63) is 36.0 Å². The maximum atomic E-state index is 13.8. The highest BCUT2D eigenvalue weighted by Crippen LogP contribution is 2.19. The third-order valence-corrected chi connectivity index (χ3v) is 8.19. The number of benzene rings is 1. The molecule has 0 saturated heterocycles. The van der Waals surface area contributed by atoms with Gasteiger partial charge >= 0.3 is 5.97 Å². The van der Waals surface area contributed by atoms with E-state index >= 15 is 0 Å². The number of primary amides is 1. The van der Waals surface area contributed by atoms with Crippen molar-refractivity contribution >= 4 is 58.2 Å². The number of nitrogens with two attached hydrogens (primary N) is 3. The number of hydrogen-bond donors (Lipinski definition) is 9. The van der Waals surface area contributed by atoms with Crippen molar-refractivity contribution in [2.75, 3.05) is 18.6 Å². The molecular weight excluding hydrogens is 628 g/mol. The smallest absolute Gasteiger partial charge is 0.326 e. The minimum atomic E-state index is -1.50. The van der Waals surface area contributed by atoms with Crippen LogP contribution < -0.4 is 38.5 Å². The van der Waals surface area contributed by atoms with Crippen molar-refractivity contribution in [3.8, 4) is 0 Å². The molecule has 1 aromatic carbocycles. The number of carbonyl (C=O) groups is 6. The number of aliphatic carboxylic acids is 1. The van der Waals surface area contributed by atoms with Crippen molar-refractivity contribution in [1.82, 2.24) is 26.3 Å². The number of hydrogen-bond acceptors (Lipinski definition) is 9. The lowest BCUT2D eigenvalue weighted by atomic mass is 10.0. The van der Waals surface area contributed by atoms with Gasteiger partial charge in [-0.1, -0.05) is 38.5 Å². The number of amides is 5. The molecule has 47 heavy (non-hydrogen) atoms. The molecule has 0 radical (unpaired) electrons. The SMILES string of the molecule is CSCC[C@H](NC(=O)[C@H](Cc1c[nH]c2ccccc12)NC(=O)[C@@H](N)CCCCN)C(=O)N[C@@H](CC(N)=O)C(=O)N[C@H](C(=O)O)C(C)C. The van der Waals surface area contributed by atoms with Gasteiger partial charge in [-0.3, -0.25) is 24.0 Å². The Morgan fingerprint density at radius 1 is 0.872 bits per heavy atom. The van der Waals surface area contributed by atoms with Gasteiger partial charge < -0.3 is 48.6 Å². The minimum absolute atomic E-state index is 0.0759. The van der Waals surface area contributed by atoms with Crippen LogP contribution in [0.15, 0.2) is 30.5 Å². The molecule has 0 spiro atoms. The Labute approximate surface area is 278 Å². The lowest BCUT2D eigenvalue weighted by Crippen LogP contribution is -2.59. The van der Waals surface area contributed by atoms with Crippen molar-refractivity contribution in [3.63, 3.8) is 0 Å². The van der Waals surface area contributed by atoms with Gasteiger partial charge in [0.25, 0.3) is 0 Å². The number of para-hydroxylation sites is 1. The molecule has 0 aliphatic carbocycles. The standard InChI is InChI=1S/C31H48N8O7S/c1-17(2)26(31(45)46)39-30(44)24(15-25(34)40)38-28(42)22(11-13-47-3)36-29(43)23(37-27(41)20(33)9-6-7-12-32)14-18-16-35-21-10-5-4-8-19(18)21/h4-5,8,10,16-17,20,22-24,26,35H,6-7,9,11-15,32-33H2,1-3H3,(H2,34,40)(H,36,43)(H,37,41)(H,38,42)(H,39,44)(H,45,46)/t20-,22-,23-,24-,26-/m0/s1. The van der Waals surface area contributed by atoms with Gasteiger partial charge in [0.1, 0.15) is 24.2 Å². The number of rotatable bonds is 21. The average molecular weight is 677 g/mol. The monoisotopic (exact) mass is 676 g/mol. The molecule has 0 aliphatic heterocycles. The van der Waals surface area contributed by atoms with E-state index in [0.29, 0.717) is 31.6 Å². The first-order valence-corrected chi connectivity index (χ1v) is 16.9. The van der Waals surface area contributed by atoms with E-state index in [1.54, 1.807) is 20.0 Å². The number of nitrogens with one attached hydrogen (secondary N) is 5. The topological polar surface area (TPSA) is 265 Å². The molecule has 0 saturated carbocycles. The summed E-state index contributed by atoms with van der Waals surface area (Å²) in [5.74, 6) is -5.16. The molecule has 0 unspecified atom stereocenters. The van der Waals surface area contributed by atoms with E-state index in [1.165, 1.54) is 11.8 Å². The Balaban J connectivity index is 2.32. The molecule has 2 rings (SSSR count). The first-order valence-electron chi connectivity index (χ1n) is 15.5. The zero-order valence-electron chi connectivity index (χ0n) is 27.0. The predicted molar refractivity (Wildman–Crippen MR) is 180 cm³/mol. The Kier molecular flexibility index (Phi) is 16.2. The third kappa shape index (κ3) is 12.5. The molecule has 5 atom stereocenters. The number of aromatic amines is 1. The summed E-state index contributed by atoms with van der Waals surface area (Å²) in [6.45, 7) is 3.64. The molecule has 0 aliphatic rings. The van der Waals surface area contributed by atoms with Gasteiger partial charge in [-0.25, -0.2) is 4.79 Å². The van der Waals surface area contributed by atoms with E-state index in [-0.39, 0.29) is 12.8 Å². The van der Waals surface area contributed by atoms with E-state index < -0.39 is 78.1 Å². The first kappa shape index (κ1) is 39.0. The highest BCUT2D eigenvalue weighted by atomic mass is 32.2.